The van der Waals surface area contributed by atoms with E-state index in [4.69, 9.17) is 5.73 Å². The molecular weight excluding hydrogens is 273 g/mol. The fourth-order valence-corrected chi connectivity index (χ4v) is 1.77. The quantitative estimate of drug-likeness (QED) is 0.939. The summed E-state index contributed by atoms with van der Waals surface area (Å²) in [6.45, 7) is 0.546. The minimum atomic E-state index is -0.287. The van der Waals surface area contributed by atoms with Gasteiger partial charge in [-0.1, -0.05) is 0 Å². The van der Waals surface area contributed by atoms with Crippen molar-refractivity contribution in [2.24, 2.45) is 5.73 Å². The van der Waals surface area contributed by atoms with Crippen LogP contribution in [0.2, 0.25) is 0 Å². The van der Waals surface area contributed by atoms with E-state index in [1.807, 2.05) is 10.6 Å². The average molecular weight is 284 g/mol. The molecule has 0 spiro atoms. The Kier molecular flexibility index (Phi) is 3.36. The Morgan fingerprint density at radius 1 is 1.44 bits per heavy atom. The van der Waals surface area contributed by atoms with Crippen molar-refractivity contribution in [1.29, 1.82) is 0 Å². The molecule has 3 nitrogen and oxygen atoms in total. The van der Waals surface area contributed by atoms with E-state index >= 15 is 0 Å². The molecule has 0 radical (unpaired) electrons. The van der Waals surface area contributed by atoms with Crippen molar-refractivity contribution in [3.8, 4) is 5.69 Å². The Labute approximate surface area is 101 Å². The van der Waals surface area contributed by atoms with Crippen LogP contribution in [0.15, 0.2) is 35.2 Å². The third kappa shape index (κ3) is 2.15. The van der Waals surface area contributed by atoms with Gasteiger partial charge in [0.15, 0.2) is 0 Å². The monoisotopic (exact) mass is 283 g/mol. The predicted molar refractivity (Wildman–Crippen MR) is 64.0 cm³/mol. The summed E-state index contributed by atoms with van der Waals surface area (Å²) in [6, 6.07) is 4.97. The molecule has 1 aromatic carbocycles. The van der Waals surface area contributed by atoms with Crippen molar-refractivity contribution < 1.29 is 4.39 Å². The molecule has 0 saturated carbocycles. The van der Waals surface area contributed by atoms with Crippen molar-refractivity contribution >= 4 is 15.9 Å². The average Bonchev–Trinajstić information content (AvgIpc) is 2.71. The number of nitrogens with two attached hydrogens (primary N) is 1. The van der Waals surface area contributed by atoms with E-state index in [9.17, 15) is 4.39 Å². The van der Waals surface area contributed by atoms with Gasteiger partial charge in [0.2, 0.25) is 0 Å². The molecule has 0 fully saturated rings. The number of benzene rings is 1. The molecule has 0 unspecified atom stereocenters. The van der Waals surface area contributed by atoms with Gasteiger partial charge in [-0.3, -0.25) is 0 Å². The molecule has 2 rings (SSSR count). The SMILES string of the molecule is NCCc1cncn1-c1ccc(Br)c(F)c1. The van der Waals surface area contributed by atoms with Crippen LogP contribution in [-0.4, -0.2) is 16.1 Å². The molecule has 0 aliphatic heterocycles. The van der Waals surface area contributed by atoms with Gasteiger partial charge in [0.25, 0.3) is 0 Å². The second kappa shape index (κ2) is 4.76. The zero-order chi connectivity index (χ0) is 11.5. The molecule has 2 aromatic rings. The van der Waals surface area contributed by atoms with Crippen LogP contribution in [0.3, 0.4) is 0 Å². The normalized spacial score (nSPS) is 10.7. The van der Waals surface area contributed by atoms with Crippen LogP contribution in [0, 0.1) is 5.82 Å². The largest absolute Gasteiger partial charge is 0.330 e. The zero-order valence-corrected chi connectivity index (χ0v) is 10.1. The van der Waals surface area contributed by atoms with E-state index in [1.54, 1.807) is 18.6 Å². The third-order valence-corrected chi connectivity index (χ3v) is 2.94. The molecule has 0 aliphatic rings. The number of hydrogen-bond acceptors (Lipinski definition) is 2. The Morgan fingerprint density at radius 2 is 2.25 bits per heavy atom. The van der Waals surface area contributed by atoms with E-state index in [2.05, 4.69) is 20.9 Å². The van der Waals surface area contributed by atoms with Crippen LogP contribution in [-0.2, 0) is 6.42 Å². The van der Waals surface area contributed by atoms with E-state index in [-0.39, 0.29) is 5.82 Å². The van der Waals surface area contributed by atoms with Crippen molar-refractivity contribution in [2.45, 2.75) is 6.42 Å². The smallest absolute Gasteiger partial charge is 0.139 e. The maximum atomic E-state index is 13.4. The van der Waals surface area contributed by atoms with Gasteiger partial charge >= 0.3 is 0 Å². The highest BCUT2D eigenvalue weighted by atomic mass is 79.9. The minimum Gasteiger partial charge on any atom is -0.330 e. The topological polar surface area (TPSA) is 43.8 Å². The molecule has 0 saturated heterocycles. The summed E-state index contributed by atoms with van der Waals surface area (Å²) in [6.07, 6.45) is 4.12. The van der Waals surface area contributed by atoms with E-state index < -0.39 is 0 Å². The van der Waals surface area contributed by atoms with Crippen LogP contribution in [0.25, 0.3) is 5.69 Å². The maximum Gasteiger partial charge on any atom is 0.139 e. The van der Waals surface area contributed by atoms with Gasteiger partial charge in [0.05, 0.1) is 10.8 Å². The first-order valence-corrected chi connectivity index (χ1v) is 5.68. The zero-order valence-electron chi connectivity index (χ0n) is 8.53. The lowest BCUT2D eigenvalue weighted by molar-refractivity contribution is 0.619. The van der Waals surface area contributed by atoms with Crippen molar-refractivity contribution in [2.75, 3.05) is 6.54 Å². The van der Waals surface area contributed by atoms with Gasteiger partial charge < -0.3 is 10.3 Å². The second-order valence-electron chi connectivity index (χ2n) is 3.39. The van der Waals surface area contributed by atoms with E-state index in [0.29, 0.717) is 11.0 Å². The van der Waals surface area contributed by atoms with Crippen LogP contribution in [0.5, 0.6) is 0 Å². The van der Waals surface area contributed by atoms with Gasteiger partial charge in [-0.15, -0.1) is 0 Å². The molecule has 0 amide bonds. The van der Waals surface area contributed by atoms with Gasteiger partial charge in [0, 0.05) is 24.0 Å². The molecule has 0 atom stereocenters. The summed E-state index contributed by atoms with van der Waals surface area (Å²) >= 11 is 3.12. The summed E-state index contributed by atoms with van der Waals surface area (Å²) in [5.41, 5.74) is 7.23. The van der Waals surface area contributed by atoms with Crippen molar-refractivity contribution in [3.63, 3.8) is 0 Å². The first-order chi connectivity index (χ1) is 7.72. The van der Waals surface area contributed by atoms with Crippen molar-refractivity contribution in [1.82, 2.24) is 9.55 Å². The number of nitrogens with zero attached hydrogens (tertiary/aromatic N) is 2. The molecule has 84 valence electrons. The Hall–Kier alpha value is -1.20. The summed E-state index contributed by atoms with van der Waals surface area (Å²) in [5, 5.41) is 0. The van der Waals surface area contributed by atoms with Crippen molar-refractivity contribution in [3.05, 3.63) is 46.7 Å². The first kappa shape index (κ1) is 11.3. The highest BCUT2D eigenvalue weighted by Crippen LogP contribution is 2.19. The van der Waals surface area contributed by atoms with E-state index in [0.717, 1.165) is 17.8 Å². The summed E-state index contributed by atoms with van der Waals surface area (Å²) in [7, 11) is 0. The molecule has 1 heterocycles. The van der Waals surface area contributed by atoms with Gasteiger partial charge in [-0.2, -0.15) is 0 Å². The number of aromatic nitrogens is 2. The van der Waals surface area contributed by atoms with Crippen LogP contribution in [0.1, 0.15) is 5.69 Å². The summed E-state index contributed by atoms with van der Waals surface area (Å²) in [5.74, 6) is -0.287. The Bertz CT molecular complexity index is 496. The van der Waals surface area contributed by atoms with Crippen LogP contribution >= 0.6 is 15.9 Å². The highest BCUT2D eigenvalue weighted by Gasteiger charge is 2.06. The molecule has 1 aromatic heterocycles. The number of halogens is 2. The molecule has 2 N–H and O–H groups in total. The van der Waals surface area contributed by atoms with E-state index in [1.165, 1.54) is 6.07 Å². The fraction of sp³-hybridized carbons (Fsp3) is 0.182. The molecule has 16 heavy (non-hydrogen) atoms. The Morgan fingerprint density at radius 3 is 2.94 bits per heavy atom. The lowest BCUT2D eigenvalue weighted by atomic mass is 10.2. The Balaban J connectivity index is 2.42. The third-order valence-electron chi connectivity index (χ3n) is 2.30. The minimum absolute atomic E-state index is 0.287. The molecule has 5 heteroatoms. The second-order valence-corrected chi connectivity index (χ2v) is 4.25. The standard InChI is InChI=1S/C11H11BrFN3/c12-10-2-1-8(5-11(10)13)16-7-15-6-9(16)3-4-14/h1-2,5-7H,3-4,14H2. The predicted octanol–water partition coefficient (Wildman–Crippen LogP) is 2.28. The van der Waals surface area contributed by atoms with Gasteiger partial charge in [-0.05, 0) is 40.7 Å². The maximum absolute atomic E-state index is 13.4. The lowest BCUT2D eigenvalue weighted by Gasteiger charge is -2.07. The first-order valence-electron chi connectivity index (χ1n) is 4.89. The number of imidazole rings is 1. The molecule has 0 bridgehead atoms. The number of hydrogen-bond donors (Lipinski definition) is 1. The fourth-order valence-electron chi connectivity index (χ4n) is 1.52. The van der Waals surface area contributed by atoms with Gasteiger partial charge in [0.1, 0.15) is 5.82 Å². The molecule has 0 aliphatic carbocycles. The van der Waals surface area contributed by atoms with Crippen LogP contribution < -0.4 is 5.73 Å². The lowest BCUT2D eigenvalue weighted by Crippen LogP contribution is -2.07. The number of rotatable bonds is 3. The van der Waals surface area contributed by atoms with Crippen LogP contribution in [0.4, 0.5) is 4.39 Å². The summed E-state index contributed by atoms with van der Waals surface area (Å²) < 4.78 is 15.7. The highest BCUT2D eigenvalue weighted by molar-refractivity contribution is 9.10. The van der Waals surface area contributed by atoms with Gasteiger partial charge in [-0.25, -0.2) is 9.37 Å². The molecular formula is C11H11BrFN3. The summed E-state index contributed by atoms with van der Waals surface area (Å²) in [4.78, 5) is 4.04.